The summed E-state index contributed by atoms with van der Waals surface area (Å²) in [7, 11) is 0. The molecule has 1 aliphatic rings. The van der Waals surface area contributed by atoms with E-state index in [0.717, 1.165) is 17.9 Å². The maximum absolute atomic E-state index is 12.3. The summed E-state index contributed by atoms with van der Waals surface area (Å²) in [4.78, 5) is 0. The Morgan fingerprint density at radius 2 is 2.05 bits per heavy atom. The van der Waals surface area contributed by atoms with E-state index in [2.05, 4.69) is 11.7 Å². The Hall–Kier alpha value is -0.530. The molecule has 3 atom stereocenters. The summed E-state index contributed by atoms with van der Waals surface area (Å²) in [5.41, 5.74) is 6.99. The van der Waals surface area contributed by atoms with Gasteiger partial charge in [0.2, 0.25) is 0 Å². The number of nitrogens with two attached hydrogens (primary N) is 1. The lowest BCUT2D eigenvalue weighted by Crippen LogP contribution is -2.35. The van der Waals surface area contributed by atoms with E-state index in [-0.39, 0.29) is 17.0 Å². The highest BCUT2D eigenvalue weighted by Gasteiger charge is 2.33. The zero-order valence-corrected chi connectivity index (χ0v) is 13.2. The number of benzene rings is 1. The molecular formula is C14H18F3NOS2. The van der Waals surface area contributed by atoms with Crippen molar-refractivity contribution in [3.05, 3.63) is 29.8 Å². The van der Waals surface area contributed by atoms with Crippen molar-refractivity contribution < 1.29 is 17.9 Å². The lowest BCUT2D eigenvalue weighted by Gasteiger charge is -2.34. The van der Waals surface area contributed by atoms with Gasteiger partial charge in [0.05, 0.1) is 0 Å². The Bertz CT molecular complexity index is 470. The van der Waals surface area contributed by atoms with Gasteiger partial charge in [-0.25, -0.2) is 0 Å². The fourth-order valence-corrected chi connectivity index (χ4v) is 5.56. The SMILES string of the molecule is CCC1SCCSC1C(N)c1cccc(OC(F)(F)F)c1. The van der Waals surface area contributed by atoms with E-state index >= 15 is 0 Å². The van der Waals surface area contributed by atoms with Crippen molar-refractivity contribution in [3.63, 3.8) is 0 Å². The minimum absolute atomic E-state index is 0.211. The van der Waals surface area contributed by atoms with Crippen molar-refractivity contribution in [1.29, 1.82) is 0 Å². The molecule has 1 aliphatic heterocycles. The van der Waals surface area contributed by atoms with E-state index in [1.807, 2.05) is 23.5 Å². The summed E-state index contributed by atoms with van der Waals surface area (Å²) >= 11 is 3.71. The van der Waals surface area contributed by atoms with Gasteiger partial charge in [0.1, 0.15) is 5.75 Å². The van der Waals surface area contributed by atoms with Gasteiger partial charge in [0.25, 0.3) is 0 Å². The van der Waals surface area contributed by atoms with E-state index in [0.29, 0.717) is 10.8 Å². The first-order valence-electron chi connectivity index (χ1n) is 6.75. The predicted molar refractivity (Wildman–Crippen MR) is 82.8 cm³/mol. The van der Waals surface area contributed by atoms with E-state index in [4.69, 9.17) is 5.73 Å². The molecule has 0 aromatic heterocycles. The van der Waals surface area contributed by atoms with Crippen molar-refractivity contribution in [2.75, 3.05) is 11.5 Å². The Labute approximate surface area is 131 Å². The van der Waals surface area contributed by atoms with E-state index in [9.17, 15) is 13.2 Å². The third-order valence-corrected chi connectivity index (χ3v) is 6.70. The van der Waals surface area contributed by atoms with Crippen molar-refractivity contribution in [2.24, 2.45) is 5.73 Å². The number of ether oxygens (including phenoxy) is 1. The fourth-order valence-electron chi connectivity index (χ4n) is 2.38. The molecular weight excluding hydrogens is 319 g/mol. The van der Waals surface area contributed by atoms with E-state index in [1.165, 1.54) is 12.1 Å². The normalized spacial score (nSPS) is 24.6. The van der Waals surface area contributed by atoms with Gasteiger partial charge in [0.15, 0.2) is 0 Å². The van der Waals surface area contributed by atoms with Crippen LogP contribution in [0.4, 0.5) is 13.2 Å². The van der Waals surface area contributed by atoms with Gasteiger partial charge in [-0.15, -0.1) is 13.2 Å². The van der Waals surface area contributed by atoms with Gasteiger partial charge in [0, 0.05) is 28.0 Å². The molecule has 118 valence electrons. The number of rotatable bonds is 4. The van der Waals surface area contributed by atoms with E-state index < -0.39 is 6.36 Å². The molecule has 3 unspecified atom stereocenters. The topological polar surface area (TPSA) is 35.2 Å². The average molecular weight is 337 g/mol. The summed E-state index contributed by atoms with van der Waals surface area (Å²) in [5.74, 6) is 1.92. The van der Waals surface area contributed by atoms with Gasteiger partial charge in [-0.2, -0.15) is 23.5 Å². The summed E-state index contributed by atoms with van der Waals surface area (Å²) in [6.45, 7) is 2.12. The third kappa shape index (κ3) is 4.72. The second-order valence-electron chi connectivity index (χ2n) is 4.80. The Kier molecular flexibility index (Phi) is 5.73. The first-order valence-corrected chi connectivity index (χ1v) is 8.85. The second-order valence-corrected chi connectivity index (χ2v) is 7.43. The van der Waals surface area contributed by atoms with Crippen LogP contribution >= 0.6 is 23.5 Å². The number of alkyl halides is 3. The lowest BCUT2D eigenvalue weighted by atomic mass is 10.0. The molecule has 1 aromatic rings. The summed E-state index contributed by atoms with van der Waals surface area (Å²) in [6, 6.07) is 5.72. The van der Waals surface area contributed by atoms with Crippen LogP contribution in [-0.2, 0) is 0 Å². The smallest absolute Gasteiger partial charge is 0.406 e. The summed E-state index contributed by atoms with van der Waals surface area (Å²) in [6.07, 6.45) is -3.67. The maximum atomic E-state index is 12.3. The Morgan fingerprint density at radius 1 is 1.33 bits per heavy atom. The van der Waals surface area contributed by atoms with Crippen LogP contribution in [0.15, 0.2) is 24.3 Å². The zero-order chi connectivity index (χ0) is 15.5. The monoisotopic (exact) mass is 337 g/mol. The molecule has 0 amide bonds. The summed E-state index contributed by atoms with van der Waals surface area (Å²) in [5, 5.41) is 0.654. The van der Waals surface area contributed by atoms with Gasteiger partial charge < -0.3 is 10.5 Å². The van der Waals surface area contributed by atoms with Crippen LogP contribution in [-0.4, -0.2) is 28.4 Å². The number of hydrogen-bond acceptors (Lipinski definition) is 4. The first-order chi connectivity index (χ1) is 9.90. The molecule has 0 spiro atoms. The van der Waals surface area contributed by atoms with Gasteiger partial charge >= 0.3 is 6.36 Å². The molecule has 0 aliphatic carbocycles. The molecule has 1 aromatic carbocycles. The standard InChI is InChI=1S/C14H18F3NOS2/c1-2-11-13(21-7-6-20-11)12(18)9-4-3-5-10(8-9)19-14(15,16)17/h3-5,8,11-13H,2,6-7,18H2,1H3. The van der Waals surface area contributed by atoms with Crippen LogP contribution in [0, 0.1) is 0 Å². The van der Waals surface area contributed by atoms with Gasteiger partial charge in [-0.1, -0.05) is 19.1 Å². The molecule has 1 fully saturated rings. The van der Waals surface area contributed by atoms with Crippen LogP contribution in [0.2, 0.25) is 0 Å². The average Bonchev–Trinajstić information content (AvgIpc) is 2.45. The third-order valence-electron chi connectivity index (χ3n) is 3.32. The molecule has 21 heavy (non-hydrogen) atoms. The molecule has 2 nitrogen and oxygen atoms in total. The Balaban J connectivity index is 2.14. The highest BCUT2D eigenvalue weighted by Crippen LogP contribution is 2.39. The predicted octanol–water partition coefficient (Wildman–Crippen LogP) is 4.21. The highest BCUT2D eigenvalue weighted by molar-refractivity contribution is 8.07. The maximum Gasteiger partial charge on any atom is 0.573 e. The molecule has 1 heterocycles. The minimum atomic E-state index is -4.68. The number of thioether (sulfide) groups is 2. The van der Waals surface area contributed by atoms with Crippen LogP contribution in [0.3, 0.4) is 0 Å². The minimum Gasteiger partial charge on any atom is -0.406 e. The van der Waals surface area contributed by atoms with Crippen LogP contribution in [0.5, 0.6) is 5.75 Å². The molecule has 0 saturated carbocycles. The number of halogens is 3. The highest BCUT2D eigenvalue weighted by atomic mass is 32.2. The van der Waals surface area contributed by atoms with Crippen LogP contribution in [0.1, 0.15) is 24.9 Å². The van der Waals surface area contributed by atoms with Crippen LogP contribution in [0.25, 0.3) is 0 Å². The first kappa shape index (κ1) is 16.8. The molecule has 2 rings (SSSR count). The largest absolute Gasteiger partial charge is 0.573 e. The van der Waals surface area contributed by atoms with Gasteiger partial charge in [-0.3, -0.25) is 0 Å². The van der Waals surface area contributed by atoms with Crippen molar-refractivity contribution in [2.45, 2.75) is 36.2 Å². The van der Waals surface area contributed by atoms with Gasteiger partial charge in [-0.05, 0) is 24.1 Å². The summed E-state index contributed by atoms with van der Waals surface area (Å²) < 4.78 is 40.8. The van der Waals surface area contributed by atoms with Crippen LogP contribution < -0.4 is 10.5 Å². The molecule has 0 bridgehead atoms. The molecule has 1 saturated heterocycles. The van der Waals surface area contributed by atoms with Crippen molar-refractivity contribution >= 4 is 23.5 Å². The molecule has 7 heteroatoms. The van der Waals surface area contributed by atoms with E-state index in [1.54, 1.807) is 12.1 Å². The number of hydrogen-bond donors (Lipinski definition) is 1. The van der Waals surface area contributed by atoms with Crippen molar-refractivity contribution in [1.82, 2.24) is 0 Å². The quantitative estimate of drug-likeness (QED) is 0.892. The lowest BCUT2D eigenvalue weighted by molar-refractivity contribution is -0.274. The second kappa shape index (κ2) is 7.15. The Morgan fingerprint density at radius 3 is 2.71 bits per heavy atom. The molecule has 0 radical (unpaired) electrons. The molecule has 2 N–H and O–H groups in total. The fraction of sp³-hybridized carbons (Fsp3) is 0.571. The van der Waals surface area contributed by atoms with Crippen molar-refractivity contribution in [3.8, 4) is 5.75 Å². The zero-order valence-electron chi connectivity index (χ0n) is 11.6.